The van der Waals surface area contributed by atoms with Gasteiger partial charge in [0.2, 0.25) is 0 Å². The summed E-state index contributed by atoms with van der Waals surface area (Å²) in [6.07, 6.45) is 0. The summed E-state index contributed by atoms with van der Waals surface area (Å²) in [5.74, 6) is 0. The first-order valence-corrected chi connectivity index (χ1v) is 9.12. The fourth-order valence-corrected chi connectivity index (χ4v) is 3.67. The van der Waals surface area contributed by atoms with Crippen LogP contribution in [0.1, 0.15) is 11.1 Å². The molecule has 0 saturated heterocycles. The Balaban J connectivity index is 2.21. The molecule has 0 bridgehead atoms. The fraction of sp³-hybridized carbons (Fsp3) is 0.200. The Morgan fingerprint density at radius 3 is 1.43 bits per heavy atom. The van der Waals surface area contributed by atoms with E-state index in [1.165, 1.54) is 0 Å². The van der Waals surface area contributed by atoms with E-state index in [-0.39, 0.29) is 0 Å². The van der Waals surface area contributed by atoms with Gasteiger partial charge in [-0.2, -0.15) is 0 Å². The van der Waals surface area contributed by atoms with Crippen LogP contribution in [0.5, 0.6) is 0 Å². The Hall–Kier alpha value is -1.15. The summed E-state index contributed by atoms with van der Waals surface area (Å²) in [5, 5.41) is 5.85. The molecule has 112 valence electrons. The smallest absolute Gasteiger partial charge is 0.290 e. The monoisotopic (exact) mass is 342 g/mol. The van der Waals surface area contributed by atoms with E-state index in [2.05, 4.69) is 10.2 Å². The standard InChI is InChI=1S/C15H17Cl2N2OP/c1-11-3-7-13(8-4-11)18-21(20,15(16)17)19-14-9-5-12(2)6-10-14/h3-10,15H,1-2H3,(H2,18,19,20). The van der Waals surface area contributed by atoms with E-state index in [1.54, 1.807) is 0 Å². The van der Waals surface area contributed by atoms with Gasteiger partial charge in [0.25, 0.3) is 7.44 Å². The number of benzene rings is 2. The zero-order valence-corrected chi connectivity index (χ0v) is 14.2. The minimum Gasteiger partial charge on any atom is -0.318 e. The van der Waals surface area contributed by atoms with Crippen molar-refractivity contribution in [1.29, 1.82) is 0 Å². The Kier molecular flexibility index (Phi) is 5.21. The number of aryl methyl sites for hydroxylation is 2. The van der Waals surface area contributed by atoms with Gasteiger partial charge in [0.05, 0.1) is 0 Å². The first kappa shape index (κ1) is 16.2. The van der Waals surface area contributed by atoms with Crippen molar-refractivity contribution in [2.24, 2.45) is 0 Å². The van der Waals surface area contributed by atoms with Crippen LogP contribution in [0.25, 0.3) is 0 Å². The van der Waals surface area contributed by atoms with Crippen molar-refractivity contribution in [3.05, 3.63) is 59.7 Å². The van der Waals surface area contributed by atoms with Gasteiger partial charge in [0.15, 0.2) is 4.58 Å². The molecule has 6 heteroatoms. The van der Waals surface area contributed by atoms with Gasteiger partial charge in [0.1, 0.15) is 0 Å². The van der Waals surface area contributed by atoms with Gasteiger partial charge < -0.3 is 10.2 Å². The zero-order valence-electron chi connectivity index (χ0n) is 11.8. The van der Waals surface area contributed by atoms with Crippen LogP contribution in [-0.4, -0.2) is 4.58 Å². The molecule has 2 rings (SSSR count). The lowest BCUT2D eigenvalue weighted by Gasteiger charge is -2.23. The summed E-state index contributed by atoms with van der Waals surface area (Å²) >= 11 is 11.8. The molecular formula is C15H17Cl2N2OP. The highest BCUT2D eigenvalue weighted by Gasteiger charge is 2.30. The van der Waals surface area contributed by atoms with Gasteiger partial charge >= 0.3 is 0 Å². The average molecular weight is 343 g/mol. The molecule has 0 unspecified atom stereocenters. The van der Waals surface area contributed by atoms with Crippen LogP contribution in [0, 0.1) is 13.8 Å². The highest BCUT2D eigenvalue weighted by atomic mass is 35.5. The van der Waals surface area contributed by atoms with Crippen LogP contribution in [0.2, 0.25) is 0 Å². The van der Waals surface area contributed by atoms with Gasteiger partial charge in [-0.05, 0) is 38.1 Å². The lowest BCUT2D eigenvalue weighted by molar-refractivity contribution is 0.583. The SMILES string of the molecule is Cc1ccc(NP(=O)(Nc2ccc(C)cc2)C(Cl)Cl)cc1. The quantitative estimate of drug-likeness (QED) is 0.534. The summed E-state index contributed by atoms with van der Waals surface area (Å²) < 4.78 is 11.9. The van der Waals surface area contributed by atoms with Gasteiger partial charge in [-0.25, -0.2) is 0 Å². The number of hydrogen-bond acceptors (Lipinski definition) is 1. The number of hydrogen-bond donors (Lipinski definition) is 2. The third-order valence-electron chi connectivity index (χ3n) is 2.97. The van der Waals surface area contributed by atoms with Crippen molar-refractivity contribution in [3.8, 4) is 0 Å². The molecule has 0 aliphatic heterocycles. The molecule has 0 saturated carbocycles. The fourth-order valence-electron chi connectivity index (χ4n) is 1.77. The van der Waals surface area contributed by atoms with E-state index in [9.17, 15) is 4.57 Å². The van der Waals surface area contributed by atoms with E-state index < -0.39 is 12.0 Å². The molecule has 0 aliphatic rings. The molecule has 2 aromatic rings. The van der Waals surface area contributed by atoms with Crippen LogP contribution in [0.3, 0.4) is 0 Å². The zero-order chi connectivity index (χ0) is 15.5. The van der Waals surface area contributed by atoms with Gasteiger partial charge in [-0.3, -0.25) is 4.57 Å². The van der Waals surface area contributed by atoms with Crippen molar-refractivity contribution in [1.82, 2.24) is 0 Å². The third kappa shape index (κ3) is 4.41. The van der Waals surface area contributed by atoms with Crippen molar-refractivity contribution >= 4 is 42.0 Å². The number of halogens is 2. The third-order valence-corrected chi connectivity index (χ3v) is 6.35. The van der Waals surface area contributed by atoms with Crippen LogP contribution in [-0.2, 0) is 4.57 Å². The number of anilines is 2. The maximum Gasteiger partial charge on any atom is 0.290 e. The molecule has 0 heterocycles. The number of nitrogens with one attached hydrogen (secondary N) is 2. The predicted octanol–water partition coefficient (Wildman–Crippen LogP) is 5.78. The van der Waals surface area contributed by atoms with E-state index >= 15 is 0 Å². The lowest BCUT2D eigenvalue weighted by atomic mass is 10.2. The van der Waals surface area contributed by atoms with Crippen LogP contribution >= 0.6 is 30.6 Å². The Bertz CT molecular complexity index is 590. The van der Waals surface area contributed by atoms with Gasteiger partial charge in [0, 0.05) is 11.4 Å². The topological polar surface area (TPSA) is 41.1 Å². The predicted molar refractivity (Wildman–Crippen MR) is 92.7 cm³/mol. The van der Waals surface area contributed by atoms with Crippen molar-refractivity contribution in [3.63, 3.8) is 0 Å². The number of alkyl halides is 2. The second-order valence-electron chi connectivity index (χ2n) is 4.89. The highest BCUT2D eigenvalue weighted by molar-refractivity contribution is 7.70. The van der Waals surface area contributed by atoms with E-state index in [0.717, 1.165) is 11.1 Å². The molecule has 0 fully saturated rings. The Morgan fingerprint density at radius 1 is 0.810 bits per heavy atom. The summed E-state index contributed by atoms with van der Waals surface area (Å²) in [6, 6.07) is 15.1. The second-order valence-corrected chi connectivity index (χ2v) is 8.88. The molecule has 0 radical (unpaired) electrons. The van der Waals surface area contributed by atoms with Crippen LogP contribution in [0.4, 0.5) is 11.4 Å². The van der Waals surface area contributed by atoms with Gasteiger partial charge in [-0.15, -0.1) is 0 Å². The van der Waals surface area contributed by atoms with Crippen LogP contribution < -0.4 is 10.2 Å². The first-order chi connectivity index (χ1) is 9.89. The Labute approximate surface area is 135 Å². The van der Waals surface area contributed by atoms with E-state index in [4.69, 9.17) is 23.2 Å². The van der Waals surface area contributed by atoms with Crippen LogP contribution in [0.15, 0.2) is 48.5 Å². The molecule has 2 aromatic carbocycles. The van der Waals surface area contributed by atoms with E-state index in [0.29, 0.717) is 11.4 Å². The molecule has 0 aromatic heterocycles. The molecule has 3 nitrogen and oxygen atoms in total. The molecule has 0 amide bonds. The highest BCUT2D eigenvalue weighted by Crippen LogP contribution is 2.53. The molecule has 0 spiro atoms. The lowest BCUT2D eigenvalue weighted by Crippen LogP contribution is -2.11. The normalized spacial score (nSPS) is 11.5. The summed E-state index contributed by atoms with van der Waals surface area (Å²) in [4.78, 5) is 0. The van der Waals surface area contributed by atoms with E-state index in [1.807, 2.05) is 62.4 Å². The van der Waals surface area contributed by atoms with Crippen molar-refractivity contribution < 1.29 is 4.57 Å². The maximum atomic E-state index is 12.9. The average Bonchev–Trinajstić information content (AvgIpc) is 2.44. The summed E-state index contributed by atoms with van der Waals surface area (Å²) in [7, 11) is -3.23. The minimum atomic E-state index is -3.23. The Morgan fingerprint density at radius 2 is 1.14 bits per heavy atom. The van der Waals surface area contributed by atoms with Crippen molar-refractivity contribution in [2.75, 3.05) is 10.2 Å². The summed E-state index contributed by atoms with van der Waals surface area (Å²) in [6.45, 7) is 3.97. The van der Waals surface area contributed by atoms with Gasteiger partial charge in [-0.1, -0.05) is 58.6 Å². The maximum absolute atomic E-state index is 12.9. The molecule has 21 heavy (non-hydrogen) atoms. The minimum absolute atomic E-state index is 0.704. The van der Waals surface area contributed by atoms with Crippen molar-refractivity contribution in [2.45, 2.75) is 18.4 Å². The largest absolute Gasteiger partial charge is 0.318 e. The molecule has 0 aliphatic carbocycles. The molecule has 2 N–H and O–H groups in total. The summed E-state index contributed by atoms with van der Waals surface area (Å²) in [5.41, 5.74) is 3.65. The molecule has 0 atom stereocenters. The number of rotatable bonds is 5. The first-order valence-electron chi connectivity index (χ1n) is 6.47. The second kappa shape index (κ2) is 6.74. The molecular weight excluding hydrogens is 326 g/mol.